The number of hydrogen-bond acceptors (Lipinski definition) is 3. The zero-order chi connectivity index (χ0) is 14.4. The Balaban J connectivity index is 2.09. The van der Waals surface area contributed by atoms with Crippen LogP contribution in [-0.2, 0) is 13.0 Å². The van der Waals surface area contributed by atoms with E-state index in [0.717, 1.165) is 23.3 Å². The number of benzene rings is 2. The van der Waals surface area contributed by atoms with Crippen molar-refractivity contribution in [3.05, 3.63) is 58.6 Å². The largest absolute Gasteiger partial charge is 0.493 e. The lowest BCUT2D eigenvalue weighted by Gasteiger charge is -2.12. The van der Waals surface area contributed by atoms with E-state index in [9.17, 15) is 0 Å². The third-order valence-electron chi connectivity index (χ3n) is 2.94. The van der Waals surface area contributed by atoms with E-state index in [1.807, 2.05) is 42.5 Å². The molecule has 0 unspecified atom stereocenters. The minimum atomic E-state index is 0.452. The number of ether oxygens (including phenoxy) is 2. The zero-order valence-corrected chi connectivity index (χ0v) is 12.2. The molecule has 0 atom stereocenters. The van der Waals surface area contributed by atoms with Crippen molar-refractivity contribution in [1.29, 1.82) is 0 Å². The Bertz CT molecular complexity index is 572. The van der Waals surface area contributed by atoms with Gasteiger partial charge in [-0.2, -0.15) is 0 Å². The highest BCUT2D eigenvalue weighted by atomic mass is 35.5. The van der Waals surface area contributed by atoms with Gasteiger partial charge in [-0.1, -0.05) is 29.8 Å². The first-order valence-electron chi connectivity index (χ1n) is 6.47. The van der Waals surface area contributed by atoms with Crippen molar-refractivity contribution in [3.8, 4) is 11.5 Å². The molecule has 0 aliphatic carbocycles. The minimum Gasteiger partial charge on any atom is -0.493 e. The monoisotopic (exact) mass is 291 g/mol. The first kappa shape index (κ1) is 14.7. The van der Waals surface area contributed by atoms with E-state index >= 15 is 0 Å². The summed E-state index contributed by atoms with van der Waals surface area (Å²) in [6.45, 7) is 1.07. The fraction of sp³-hybridized carbons (Fsp3) is 0.250. The lowest BCUT2D eigenvalue weighted by Crippen LogP contribution is -2.03. The van der Waals surface area contributed by atoms with Crippen molar-refractivity contribution in [2.45, 2.75) is 13.0 Å². The summed E-state index contributed by atoms with van der Waals surface area (Å²) in [5.74, 6) is 1.44. The maximum atomic E-state index is 5.95. The summed E-state index contributed by atoms with van der Waals surface area (Å²) in [6.07, 6.45) is 0.824. The maximum absolute atomic E-state index is 5.95. The van der Waals surface area contributed by atoms with Gasteiger partial charge in [-0.3, -0.25) is 0 Å². The van der Waals surface area contributed by atoms with Gasteiger partial charge in [0.2, 0.25) is 0 Å². The molecule has 0 aliphatic rings. The summed E-state index contributed by atoms with van der Waals surface area (Å²) in [6, 6.07) is 13.5. The van der Waals surface area contributed by atoms with E-state index in [1.54, 1.807) is 7.11 Å². The fourth-order valence-electron chi connectivity index (χ4n) is 1.94. The molecular weight excluding hydrogens is 274 g/mol. The van der Waals surface area contributed by atoms with Crippen LogP contribution in [0.25, 0.3) is 0 Å². The Morgan fingerprint density at radius 2 is 1.90 bits per heavy atom. The summed E-state index contributed by atoms with van der Waals surface area (Å²) < 4.78 is 11.1. The van der Waals surface area contributed by atoms with Gasteiger partial charge in [0, 0.05) is 5.02 Å². The molecule has 2 rings (SSSR count). The predicted molar refractivity (Wildman–Crippen MR) is 81.5 cm³/mol. The summed E-state index contributed by atoms with van der Waals surface area (Å²) in [5.41, 5.74) is 7.71. The molecule has 0 bridgehead atoms. The number of rotatable bonds is 6. The Labute approximate surface area is 124 Å². The Morgan fingerprint density at radius 3 is 2.60 bits per heavy atom. The normalized spacial score (nSPS) is 10.3. The van der Waals surface area contributed by atoms with Crippen molar-refractivity contribution in [2.75, 3.05) is 13.7 Å². The molecule has 0 fully saturated rings. The quantitative estimate of drug-likeness (QED) is 0.887. The Hall–Kier alpha value is -1.71. The number of nitrogens with two attached hydrogens (primary N) is 1. The number of hydrogen-bond donors (Lipinski definition) is 1. The molecule has 2 N–H and O–H groups in total. The summed E-state index contributed by atoms with van der Waals surface area (Å²) >= 11 is 5.95. The van der Waals surface area contributed by atoms with Gasteiger partial charge in [0.15, 0.2) is 11.5 Å². The first-order valence-corrected chi connectivity index (χ1v) is 6.85. The fourth-order valence-corrected chi connectivity index (χ4v) is 2.15. The molecule has 0 aliphatic heterocycles. The second-order valence-corrected chi connectivity index (χ2v) is 4.88. The van der Waals surface area contributed by atoms with Gasteiger partial charge in [-0.25, -0.2) is 0 Å². The highest BCUT2D eigenvalue weighted by molar-refractivity contribution is 6.30. The molecule has 0 spiro atoms. The zero-order valence-electron chi connectivity index (χ0n) is 11.4. The van der Waals surface area contributed by atoms with Crippen molar-refractivity contribution >= 4 is 11.6 Å². The third kappa shape index (κ3) is 3.89. The molecule has 0 saturated carbocycles. The third-order valence-corrected chi connectivity index (χ3v) is 3.18. The molecule has 0 heterocycles. The van der Waals surface area contributed by atoms with Crippen LogP contribution < -0.4 is 15.2 Å². The average Bonchev–Trinajstić information content (AvgIpc) is 2.46. The second kappa shape index (κ2) is 7.17. The Morgan fingerprint density at radius 1 is 1.05 bits per heavy atom. The molecule has 2 aromatic rings. The van der Waals surface area contributed by atoms with Crippen LogP contribution in [-0.4, -0.2) is 13.7 Å². The van der Waals surface area contributed by atoms with Crippen LogP contribution in [0.15, 0.2) is 42.5 Å². The molecule has 3 nitrogen and oxygen atoms in total. The highest BCUT2D eigenvalue weighted by Crippen LogP contribution is 2.29. The van der Waals surface area contributed by atoms with E-state index < -0.39 is 0 Å². The number of methoxy groups -OCH3 is 1. The minimum absolute atomic E-state index is 0.452. The molecular formula is C16H18ClNO2. The van der Waals surface area contributed by atoms with Crippen molar-refractivity contribution in [3.63, 3.8) is 0 Å². The topological polar surface area (TPSA) is 44.5 Å². The van der Waals surface area contributed by atoms with Gasteiger partial charge in [0.1, 0.15) is 6.61 Å². The standard InChI is InChI=1S/C16H18ClNO2/c1-19-16-10-12(7-8-18)5-6-15(16)20-11-13-3-2-4-14(17)9-13/h2-6,9-10H,7-8,11,18H2,1H3. The van der Waals surface area contributed by atoms with Gasteiger partial charge in [-0.05, 0) is 48.4 Å². The second-order valence-electron chi connectivity index (χ2n) is 4.44. The highest BCUT2D eigenvalue weighted by Gasteiger charge is 2.06. The van der Waals surface area contributed by atoms with Gasteiger partial charge in [0.05, 0.1) is 7.11 Å². The summed E-state index contributed by atoms with van der Waals surface area (Å²) in [5, 5.41) is 0.705. The van der Waals surface area contributed by atoms with E-state index in [0.29, 0.717) is 23.9 Å². The van der Waals surface area contributed by atoms with Crippen LogP contribution >= 0.6 is 11.6 Å². The summed E-state index contributed by atoms with van der Waals surface area (Å²) in [7, 11) is 1.63. The van der Waals surface area contributed by atoms with E-state index in [-0.39, 0.29) is 0 Å². The predicted octanol–water partition coefficient (Wildman–Crippen LogP) is 3.43. The maximum Gasteiger partial charge on any atom is 0.161 e. The van der Waals surface area contributed by atoms with Gasteiger partial charge in [-0.15, -0.1) is 0 Å². The van der Waals surface area contributed by atoms with Gasteiger partial charge < -0.3 is 15.2 Å². The van der Waals surface area contributed by atoms with E-state index in [1.165, 1.54) is 0 Å². The molecule has 0 radical (unpaired) electrons. The van der Waals surface area contributed by atoms with E-state index in [2.05, 4.69) is 0 Å². The van der Waals surface area contributed by atoms with E-state index in [4.69, 9.17) is 26.8 Å². The van der Waals surface area contributed by atoms with Gasteiger partial charge >= 0.3 is 0 Å². The summed E-state index contributed by atoms with van der Waals surface area (Å²) in [4.78, 5) is 0. The van der Waals surface area contributed by atoms with Crippen LogP contribution in [0.3, 0.4) is 0 Å². The van der Waals surface area contributed by atoms with Crippen LogP contribution in [0.1, 0.15) is 11.1 Å². The molecule has 2 aromatic carbocycles. The SMILES string of the molecule is COc1cc(CCN)ccc1OCc1cccc(Cl)c1. The Kier molecular flexibility index (Phi) is 5.27. The number of halogens is 1. The first-order chi connectivity index (χ1) is 9.72. The smallest absolute Gasteiger partial charge is 0.161 e. The average molecular weight is 292 g/mol. The van der Waals surface area contributed by atoms with Crippen molar-refractivity contribution < 1.29 is 9.47 Å². The van der Waals surface area contributed by atoms with Gasteiger partial charge in [0.25, 0.3) is 0 Å². The molecule has 20 heavy (non-hydrogen) atoms. The molecule has 4 heteroatoms. The van der Waals surface area contributed by atoms with Crippen molar-refractivity contribution in [2.24, 2.45) is 5.73 Å². The molecule has 0 amide bonds. The van der Waals surface area contributed by atoms with Crippen LogP contribution in [0.5, 0.6) is 11.5 Å². The lowest BCUT2D eigenvalue weighted by molar-refractivity contribution is 0.284. The van der Waals surface area contributed by atoms with Crippen LogP contribution in [0.4, 0.5) is 0 Å². The molecule has 0 saturated heterocycles. The van der Waals surface area contributed by atoms with Crippen molar-refractivity contribution in [1.82, 2.24) is 0 Å². The van der Waals surface area contributed by atoms with Crippen LogP contribution in [0, 0.1) is 0 Å². The molecule has 0 aromatic heterocycles. The van der Waals surface area contributed by atoms with Crippen LogP contribution in [0.2, 0.25) is 5.02 Å². The lowest BCUT2D eigenvalue weighted by atomic mass is 10.1. The molecule has 106 valence electrons.